The summed E-state index contributed by atoms with van der Waals surface area (Å²) < 4.78 is 0. The molecule has 0 amide bonds. The second kappa shape index (κ2) is 5.70. The van der Waals surface area contributed by atoms with E-state index < -0.39 is 0 Å². The number of hydrogen-bond donors (Lipinski definition) is 1. The molecule has 3 aromatic rings. The van der Waals surface area contributed by atoms with Crippen LogP contribution in [0.2, 0.25) is 5.15 Å². The summed E-state index contributed by atoms with van der Waals surface area (Å²) in [6.45, 7) is 2.25. The molecule has 0 bridgehead atoms. The first-order valence-electron chi connectivity index (χ1n) is 7.78. The Kier molecular flexibility index (Phi) is 3.54. The zero-order valence-corrected chi connectivity index (χ0v) is 13.4. The van der Waals surface area contributed by atoms with Crippen molar-refractivity contribution in [2.24, 2.45) is 0 Å². The van der Waals surface area contributed by atoms with Crippen molar-refractivity contribution in [3.05, 3.63) is 47.7 Å². The minimum atomic E-state index is 0.471. The summed E-state index contributed by atoms with van der Waals surface area (Å²) in [5, 5.41) is 2.56. The molecule has 1 saturated heterocycles. The molecule has 1 aliphatic heterocycles. The molecule has 0 saturated carbocycles. The first kappa shape index (κ1) is 14.3. The summed E-state index contributed by atoms with van der Waals surface area (Å²) in [6, 6.07) is 12.1. The fourth-order valence-electron chi connectivity index (χ4n) is 3.12. The van der Waals surface area contributed by atoms with Gasteiger partial charge < -0.3 is 10.6 Å². The molecule has 5 heteroatoms. The van der Waals surface area contributed by atoms with E-state index >= 15 is 0 Å². The van der Waals surface area contributed by atoms with Crippen LogP contribution in [-0.4, -0.2) is 23.1 Å². The van der Waals surface area contributed by atoms with Gasteiger partial charge in [0, 0.05) is 35.9 Å². The first-order chi connectivity index (χ1) is 11.2. The number of aromatic nitrogens is 2. The lowest BCUT2D eigenvalue weighted by Crippen LogP contribution is -2.17. The molecule has 2 N–H and O–H groups in total. The number of fused-ring (bicyclic) bond motifs is 1. The molecule has 0 spiro atoms. The average molecular weight is 325 g/mol. The topological polar surface area (TPSA) is 55.0 Å². The normalized spacial score (nSPS) is 14.6. The van der Waals surface area contributed by atoms with Gasteiger partial charge in [0.1, 0.15) is 11.0 Å². The summed E-state index contributed by atoms with van der Waals surface area (Å²) in [4.78, 5) is 11.0. The van der Waals surface area contributed by atoms with Crippen LogP contribution in [0, 0.1) is 0 Å². The van der Waals surface area contributed by atoms with Crippen LogP contribution in [0.1, 0.15) is 12.8 Å². The molecule has 23 heavy (non-hydrogen) atoms. The third kappa shape index (κ3) is 2.70. The van der Waals surface area contributed by atoms with E-state index in [4.69, 9.17) is 17.3 Å². The monoisotopic (exact) mass is 324 g/mol. The molecule has 2 aromatic heterocycles. The van der Waals surface area contributed by atoms with Crippen LogP contribution < -0.4 is 10.6 Å². The van der Waals surface area contributed by atoms with Gasteiger partial charge in [-0.05, 0) is 54.6 Å². The summed E-state index contributed by atoms with van der Waals surface area (Å²) in [5.41, 5.74) is 9.14. The maximum absolute atomic E-state index is 6.16. The Morgan fingerprint density at radius 2 is 1.87 bits per heavy atom. The van der Waals surface area contributed by atoms with E-state index in [0.717, 1.165) is 35.1 Å². The summed E-state index contributed by atoms with van der Waals surface area (Å²) in [7, 11) is 0. The van der Waals surface area contributed by atoms with Gasteiger partial charge in [-0.1, -0.05) is 11.6 Å². The van der Waals surface area contributed by atoms with Crippen LogP contribution in [0.3, 0.4) is 0 Å². The van der Waals surface area contributed by atoms with Crippen LogP contribution in [0.15, 0.2) is 42.6 Å². The highest BCUT2D eigenvalue weighted by molar-refractivity contribution is 6.29. The molecular weight excluding hydrogens is 308 g/mol. The van der Waals surface area contributed by atoms with Crippen molar-refractivity contribution >= 4 is 33.9 Å². The maximum atomic E-state index is 6.16. The minimum absolute atomic E-state index is 0.471. The molecule has 4 nitrogen and oxygen atoms in total. The number of pyridine rings is 2. The van der Waals surface area contributed by atoms with Gasteiger partial charge in [-0.3, -0.25) is 0 Å². The predicted octanol–water partition coefficient (Wildman–Crippen LogP) is 4.13. The summed E-state index contributed by atoms with van der Waals surface area (Å²) >= 11 is 5.86. The fraction of sp³-hybridized carbons (Fsp3) is 0.222. The van der Waals surface area contributed by atoms with Crippen molar-refractivity contribution in [1.29, 1.82) is 0 Å². The lowest BCUT2D eigenvalue weighted by molar-refractivity contribution is 0.949. The third-order valence-corrected chi connectivity index (χ3v) is 4.56. The van der Waals surface area contributed by atoms with Crippen LogP contribution in [0.5, 0.6) is 0 Å². The Bertz CT molecular complexity index is 855. The van der Waals surface area contributed by atoms with Crippen LogP contribution in [-0.2, 0) is 0 Å². The van der Waals surface area contributed by atoms with E-state index in [1.54, 1.807) is 12.3 Å². The summed E-state index contributed by atoms with van der Waals surface area (Å²) in [5.74, 6) is 0.542. The van der Waals surface area contributed by atoms with E-state index in [1.807, 2.05) is 6.07 Å². The first-order valence-corrected chi connectivity index (χ1v) is 8.16. The maximum Gasteiger partial charge on any atom is 0.131 e. The zero-order chi connectivity index (χ0) is 15.8. The molecule has 0 aliphatic carbocycles. The Hall–Kier alpha value is -2.33. The van der Waals surface area contributed by atoms with Crippen molar-refractivity contribution in [1.82, 2.24) is 9.97 Å². The van der Waals surface area contributed by atoms with Crippen molar-refractivity contribution in [2.45, 2.75) is 12.8 Å². The number of nitrogens with zero attached hydrogens (tertiary/aromatic N) is 3. The van der Waals surface area contributed by atoms with Crippen LogP contribution in [0.4, 0.5) is 11.5 Å². The number of benzene rings is 1. The average Bonchev–Trinajstić information content (AvgIpc) is 3.09. The standard InChI is InChI=1S/C18H17ClN4/c19-17-6-3-12(11-21-17)16-10-13-9-14(23-7-1-2-8-23)4-5-15(13)18(20)22-16/h3-6,9-11H,1-2,7-8H2,(H2,20,22). The number of nitrogens with two attached hydrogens (primary N) is 1. The van der Waals surface area contributed by atoms with Crippen LogP contribution >= 0.6 is 11.6 Å². The largest absolute Gasteiger partial charge is 0.383 e. The van der Waals surface area contributed by atoms with Crippen LogP contribution in [0.25, 0.3) is 22.0 Å². The second-order valence-electron chi connectivity index (χ2n) is 5.86. The van der Waals surface area contributed by atoms with Crippen molar-refractivity contribution in [2.75, 3.05) is 23.7 Å². The quantitative estimate of drug-likeness (QED) is 0.720. The summed E-state index contributed by atoms with van der Waals surface area (Å²) in [6.07, 6.45) is 4.25. The smallest absolute Gasteiger partial charge is 0.131 e. The molecular formula is C18H17ClN4. The van der Waals surface area contributed by atoms with E-state index in [1.165, 1.54) is 18.5 Å². The Morgan fingerprint density at radius 3 is 2.61 bits per heavy atom. The molecule has 0 atom stereocenters. The number of rotatable bonds is 2. The minimum Gasteiger partial charge on any atom is -0.383 e. The molecule has 3 heterocycles. The van der Waals surface area contributed by atoms with Gasteiger partial charge in [0.2, 0.25) is 0 Å². The lowest BCUT2D eigenvalue weighted by atomic mass is 10.1. The Morgan fingerprint density at radius 1 is 1.04 bits per heavy atom. The zero-order valence-electron chi connectivity index (χ0n) is 12.7. The molecule has 116 valence electrons. The van der Waals surface area contributed by atoms with Crippen molar-refractivity contribution in [3.63, 3.8) is 0 Å². The van der Waals surface area contributed by atoms with Gasteiger partial charge in [-0.25, -0.2) is 9.97 Å². The number of hydrogen-bond acceptors (Lipinski definition) is 4. The molecule has 0 radical (unpaired) electrons. The molecule has 0 unspecified atom stereocenters. The molecule has 1 fully saturated rings. The van der Waals surface area contributed by atoms with Gasteiger partial charge in [-0.15, -0.1) is 0 Å². The highest BCUT2D eigenvalue weighted by Gasteiger charge is 2.14. The van der Waals surface area contributed by atoms with Crippen molar-refractivity contribution < 1.29 is 0 Å². The van der Waals surface area contributed by atoms with Gasteiger partial charge in [0.15, 0.2) is 0 Å². The Balaban J connectivity index is 1.82. The predicted molar refractivity (Wildman–Crippen MR) is 95.8 cm³/mol. The van der Waals surface area contributed by atoms with E-state index in [9.17, 15) is 0 Å². The highest BCUT2D eigenvalue weighted by Crippen LogP contribution is 2.30. The molecule has 1 aromatic carbocycles. The molecule has 4 rings (SSSR count). The SMILES string of the molecule is Nc1nc(-c2ccc(Cl)nc2)cc2cc(N3CCCC3)ccc12. The highest BCUT2D eigenvalue weighted by atomic mass is 35.5. The van der Waals surface area contributed by atoms with Gasteiger partial charge in [0.05, 0.1) is 5.69 Å². The van der Waals surface area contributed by atoms with E-state index in [0.29, 0.717) is 11.0 Å². The van der Waals surface area contributed by atoms with Crippen molar-refractivity contribution in [3.8, 4) is 11.3 Å². The second-order valence-corrected chi connectivity index (χ2v) is 6.25. The van der Waals surface area contributed by atoms with Gasteiger partial charge in [0.25, 0.3) is 0 Å². The molecule has 1 aliphatic rings. The number of halogens is 1. The number of nitrogen functional groups attached to an aromatic ring is 1. The van der Waals surface area contributed by atoms with E-state index in [-0.39, 0.29) is 0 Å². The fourth-order valence-corrected chi connectivity index (χ4v) is 3.23. The third-order valence-electron chi connectivity index (χ3n) is 4.34. The van der Waals surface area contributed by atoms with Gasteiger partial charge in [-0.2, -0.15) is 0 Å². The number of anilines is 2. The Labute approximate surface area is 139 Å². The lowest BCUT2D eigenvalue weighted by Gasteiger charge is -2.18. The van der Waals surface area contributed by atoms with E-state index in [2.05, 4.69) is 39.1 Å². The van der Waals surface area contributed by atoms with Gasteiger partial charge >= 0.3 is 0 Å².